The minimum absolute atomic E-state index is 0.570. The van der Waals surface area contributed by atoms with E-state index in [0.717, 1.165) is 11.8 Å². The van der Waals surface area contributed by atoms with Crippen LogP contribution in [0, 0.1) is 6.54 Å². The van der Waals surface area contributed by atoms with Gasteiger partial charge >= 0.3 is 0 Å². The van der Waals surface area contributed by atoms with Crippen molar-refractivity contribution in [1.82, 2.24) is 4.90 Å². The molecule has 2 fully saturated rings. The van der Waals surface area contributed by atoms with Crippen LogP contribution in [-0.2, 0) is 0 Å². The zero-order chi connectivity index (χ0) is 13.8. The van der Waals surface area contributed by atoms with E-state index in [2.05, 4.69) is 29.6 Å². The Hall–Kier alpha value is -1.02. The molecule has 2 aliphatic rings. The molecule has 0 bridgehead atoms. The van der Waals surface area contributed by atoms with Gasteiger partial charge in [0, 0.05) is 18.5 Å². The number of hydrogen-bond donors (Lipinski definition) is 0. The molecule has 0 spiro atoms. The molecule has 1 aliphatic heterocycles. The van der Waals surface area contributed by atoms with Gasteiger partial charge in [0.15, 0.2) is 0 Å². The zero-order valence-electron chi connectivity index (χ0n) is 12.6. The molecule has 3 rings (SSSR count). The second-order valence-electron chi connectivity index (χ2n) is 6.20. The van der Waals surface area contributed by atoms with Crippen molar-refractivity contribution < 1.29 is 4.74 Å². The predicted molar refractivity (Wildman–Crippen MR) is 82.8 cm³/mol. The van der Waals surface area contributed by atoms with Crippen LogP contribution >= 0.6 is 0 Å². The van der Waals surface area contributed by atoms with Gasteiger partial charge in [-0.3, -0.25) is 4.90 Å². The summed E-state index contributed by atoms with van der Waals surface area (Å²) in [5, 5.41) is 0. The van der Waals surface area contributed by atoms with Gasteiger partial charge in [-0.1, -0.05) is 31.4 Å². The predicted octanol–water partition coefficient (Wildman–Crippen LogP) is 4.37. The summed E-state index contributed by atoms with van der Waals surface area (Å²) in [7, 11) is 1.75. The molecule has 0 aromatic heterocycles. The molecule has 1 heterocycles. The number of hydrogen-bond acceptors (Lipinski definition) is 2. The van der Waals surface area contributed by atoms with Gasteiger partial charge in [0.2, 0.25) is 0 Å². The van der Waals surface area contributed by atoms with Crippen LogP contribution < -0.4 is 4.74 Å². The topological polar surface area (TPSA) is 12.5 Å². The van der Waals surface area contributed by atoms with Crippen LogP contribution in [0.2, 0.25) is 0 Å². The first kappa shape index (κ1) is 13.9. The largest absolute Gasteiger partial charge is 0.497 e. The van der Waals surface area contributed by atoms with E-state index < -0.39 is 0 Å². The first-order valence-electron chi connectivity index (χ1n) is 8.11. The Morgan fingerprint density at radius 3 is 2.70 bits per heavy atom. The normalized spacial score (nSPS) is 25.6. The first-order valence-corrected chi connectivity index (χ1v) is 8.11. The van der Waals surface area contributed by atoms with Gasteiger partial charge in [-0.05, 0) is 49.9 Å². The maximum Gasteiger partial charge on any atom is 0.119 e. The van der Waals surface area contributed by atoms with Crippen molar-refractivity contribution in [3.05, 3.63) is 36.4 Å². The summed E-state index contributed by atoms with van der Waals surface area (Å²) in [6.45, 7) is 3.76. The number of rotatable bonds is 3. The van der Waals surface area contributed by atoms with Crippen LogP contribution in [0.4, 0.5) is 0 Å². The van der Waals surface area contributed by atoms with Crippen LogP contribution in [-0.4, -0.2) is 24.6 Å². The fourth-order valence-electron chi connectivity index (χ4n) is 3.72. The summed E-state index contributed by atoms with van der Waals surface area (Å²) in [4.78, 5) is 2.65. The first-order chi connectivity index (χ1) is 9.86. The fraction of sp³-hybridized carbons (Fsp3) is 0.611. The van der Waals surface area contributed by atoms with E-state index in [0.29, 0.717) is 5.92 Å². The molecular weight excluding hydrogens is 246 g/mol. The molecule has 1 aromatic carbocycles. The lowest BCUT2D eigenvalue weighted by Crippen LogP contribution is -2.39. The third-order valence-corrected chi connectivity index (χ3v) is 4.87. The number of methoxy groups -OCH3 is 1. The Kier molecular flexibility index (Phi) is 4.62. The highest BCUT2D eigenvalue weighted by atomic mass is 16.5. The lowest BCUT2D eigenvalue weighted by molar-refractivity contribution is 0.158. The number of piperidine rings is 1. The Morgan fingerprint density at radius 2 is 1.90 bits per heavy atom. The van der Waals surface area contributed by atoms with Crippen LogP contribution in [0.25, 0.3) is 0 Å². The van der Waals surface area contributed by atoms with Crippen molar-refractivity contribution in [3.8, 4) is 5.75 Å². The average molecular weight is 272 g/mol. The summed E-state index contributed by atoms with van der Waals surface area (Å²) in [6.07, 6.45) is 9.63. The van der Waals surface area contributed by atoms with Crippen molar-refractivity contribution in [2.45, 2.75) is 56.9 Å². The molecule has 1 unspecified atom stereocenters. The monoisotopic (exact) mass is 272 g/mol. The maximum atomic E-state index is 5.36. The number of ether oxygens (including phenoxy) is 1. The average Bonchev–Trinajstić information content (AvgIpc) is 2.56. The quantitative estimate of drug-likeness (QED) is 0.810. The van der Waals surface area contributed by atoms with E-state index in [1.807, 2.05) is 6.07 Å². The molecule has 1 atom stereocenters. The summed E-state index contributed by atoms with van der Waals surface area (Å²) in [5.41, 5.74) is 1.41. The van der Waals surface area contributed by atoms with Crippen LogP contribution in [0.1, 0.15) is 56.4 Å². The number of nitrogens with zero attached hydrogens (tertiary/aromatic N) is 1. The van der Waals surface area contributed by atoms with E-state index >= 15 is 0 Å². The lowest BCUT2D eigenvalue weighted by Gasteiger charge is -2.39. The minimum atomic E-state index is 0.570. The highest BCUT2D eigenvalue weighted by Crippen LogP contribution is 2.35. The van der Waals surface area contributed by atoms with Crippen molar-refractivity contribution in [2.24, 2.45) is 0 Å². The molecule has 1 radical (unpaired) electrons. The summed E-state index contributed by atoms with van der Waals surface area (Å²) in [5.74, 6) is 1.55. The highest BCUT2D eigenvalue weighted by Gasteiger charge is 2.28. The molecule has 1 saturated carbocycles. The van der Waals surface area contributed by atoms with Crippen LogP contribution in [0.5, 0.6) is 5.75 Å². The molecule has 20 heavy (non-hydrogen) atoms. The minimum Gasteiger partial charge on any atom is -0.497 e. The summed E-state index contributed by atoms with van der Waals surface area (Å²) >= 11 is 0. The maximum absolute atomic E-state index is 5.36. The standard InChI is InChI=1S/C18H26NO/c1-20-18-11-5-7-15(13-18)16-8-6-12-19(14-16)17-9-3-2-4-10-17/h5,7,11,13-14,16-17H,2-4,6,8-10,12H2,1H3. The molecule has 1 aromatic rings. The Labute approximate surface area is 123 Å². The molecule has 0 amide bonds. The van der Waals surface area contributed by atoms with Gasteiger partial charge in [0.05, 0.1) is 7.11 Å². The van der Waals surface area contributed by atoms with E-state index in [1.165, 1.54) is 57.1 Å². The zero-order valence-corrected chi connectivity index (χ0v) is 12.6. The molecule has 1 saturated heterocycles. The smallest absolute Gasteiger partial charge is 0.119 e. The number of likely N-dealkylation sites (tertiary alicyclic amines) is 1. The Morgan fingerprint density at radius 1 is 1.05 bits per heavy atom. The second kappa shape index (κ2) is 6.62. The number of benzene rings is 1. The van der Waals surface area contributed by atoms with E-state index in [-0.39, 0.29) is 0 Å². The summed E-state index contributed by atoms with van der Waals surface area (Å²) < 4.78 is 5.36. The second-order valence-corrected chi connectivity index (χ2v) is 6.20. The van der Waals surface area contributed by atoms with Gasteiger partial charge in [-0.25, -0.2) is 0 Å². The Bertz CT molecular complexity index is 425. The van der Waals surface area contributed by atoms with Gasteiger partial charge < -0.3 is 4.74 Å². The van der Waals surface area contributed by atoms with Crippen LogP contribution in [0.15, 0.2) is 24.3 Å². The molecular formula is C18H26NO. The molecule has 1 aliphatic carbocycles. The molecule has 2 heteroatoms. The van der Waals surface area contributed by atoms with Gasteiger partial charge in [-0.2, -0.15) is 0 Å². The molecule has 109 valence electrons. The van der Waals surface area contributed by atoms with E-state index in [4.69, 9.17) is 4.74 Å². The van der Waals surface area contributed by atoms with E-state index in [1.54, 1.807) is 7.11 Å². The molecule has 2 nitrogen and oxygen atoms in total. The van der Waals surface area contributed by atoms with Crippen molar-refractivity contribution in [2.75, 3.05) is 13.7 Å². The van der Waals surface area contributed by atoms with E-state index in [9.17, 15) is 0 Å². The van der Waals surface area contributed by atoms with Crippen molar-refractivity contribution in [3.63, 3.8) is 0 Å². The fourth-order valence-corrected chi connectivity index (χ4v) is 3.72. The van der Waals surface area contributed by atoms with Crippen LogP contribution in [0.3, 0.4) is 0 Å². The third-order valence-electron chi connectivity index (χ3n) is 4.87. The van der Waals surface area contributed by atoms with Crippen molar-refractivity contribution in [1.29, 1.82) is 0 Å². The lowest BCUT2D eigenvalue weighted by atomic mass is 9.87. The van der Waals surface area contributed by atoms with Gasteiger partial charge in [0.25, 0.3) is 0 Å². The SMILES string of the molecule is COc1cccc(C2[CH]N(C3CCCCC3)CCC2)c1. The van der Waals surface area contributed by atoms with Gasteiger partial charge in [0.1, 0.15) is 5.75 Å². The van der Waals surface area contributed by atoms with Gasteiger partial charge in [-0.15, -0.1) is 0 Å². The highest BCUT2D eigenvalue weighted by molar-refractivity contribution is 5.32. The molecule has 0 N–H and O–H groups in total. The third kappa shape index (κ3) is 3.17. The van der Waals surface area contributed by atoms with Crippen molar-refractivity contribution >= 4 is 0 Å². The summed E-state index contributed by atoms with van der Waals surface area (Å²) in [6, 6.07) is 9.39. The Balaban J connectivity index is 1.67.